The van der Waals surface area contributed by atoms with Gasteiger partial charge in [0.05, 0.1) is 12.1 Å². The van der Waals surface area contributed by atoms with E-state index < -0.39 is 6.04 Å². The van der Waals surface area contributed by atoms with Gasteiger partial charge in [-0.3, -0.25) is 4.79 Å². The van der Waals surface area contributed by atoms with Gasteiger partial charge >= 0.3 is 0 Å². The van der Waals surface area contributed by atoms with E-state index in [1.165, 1.54) is 0 Å². The van der Waals surface area contributed by atoms with Crippen LogP contribution in [0.15, 0.2) is 24.3 Å². The van der Waals surface area contributed by atoms with Crippen molar-refractivity contribution in [1.29, 1.82) is 0 Å². The van der Waals surface area contributed by atoms with E-state index in [1.807, 2.05) is 13.0 Å². The van der Waals surface area contributed by atoms with Crippen LogP contribution in [0, 0.1) is 0 Å². The quantitative estimate of drug-likeness (QED) is 0.813. The Morgan fingerprint density at radius 2 is 2.11 bits per heavy atom. The summed E-state index contributed by atoms with van der Waals surface area (Å²) >= 11 is 0. The lowest BCUT2D eigenvalue weighted by atomic mass is 10.0. The minimum atomic E-state index is -0.585. The molecular weight excluding hydrogens is 244 g/mol. The highest BCUT2D eigenvalue weighted by molar-refractivity contribution is 5.81. The van der Waals surface area contributed by atoms with Crippen molar-refractivity contribution in [2.75, 3.05) is 20.8 Å². The Bertz CT molecular complexity index is 423. The zero-order valence-corrected chi connectivity index (χ0v) is 11.7. The van der Waals surface area contributed by atoms with Crippen molar-refractivity contribution in [3.63, 3.8) is 0 Å². The Hall–Kier alpha value is -1.59. The van der Waals surface area contributed by atoms with E-state index in [0.717, 1.165) is 0 Å². The van der Waals surface area contributed by atoms with Gasteiger partial charge in [-0.05, 0) is 19.4 Å². The number of aromatic hydroxyl groups is 1. The van der Waals surface area contributed by atoms with E-state index in [1.54, 1.807) is 37.3 Å². The van der Waals surface area contributed by atoms with Gasteiger partial charge in [0, 0.05) is 26.3 Å². The Labute approximate surface area is 114 Å². The van der Waals surface area contributed by atoms with Crippen LogP contribution in [0.4, 0.5) is 0 Å². The fourth-order valence-corrected chi connectivity index (χ4v) is 1.87. The SMILES string of the molecule is COCCC(N)C(=O)N(C)C(C)c1ccccc1O. The van der Waals surface area contributed by atoms with Crippen LogP contribution in [-0.2, 0) is 9.53 Å². The number of hydrogen-bond donors (Lipinski definition) is 2. The molecule has 5 heteroatoms. The van der Waals surface area contributed by atoms with Crippen LogP contribution in [0.25, 0.3) is 0 Å². The summed E-state index contributed by atoms with van der Waals surface area (Å²) < 4.78 is 4.92. The molecule has 0 spiro atoms. The maximum absolute atomic E-state index is 12.1. The van der Waals surface area contributed by atoms with Crippen LogP contribution in [0.1, 0.15) is 24.9 Å². The van der Waals surface area contributed by atoms with Crippen molar-refractivity contribution in [2.24, 2.45) is 5.73 Å². The van der Waals surface area contributed by atoms with Gasteiger partial charge in [0.1, 0.15) is 5.75 Å². The first-order valence-corrected chi connectivity index (χ1v) is 6.28. The predicted octanol–water partition coefficient (Wildman–Crippen LogP) is 1.28. The summed E-state index contributed by atoms with van der Waals surface area (Å²) in [5, 5.41) is 9.80. The largest absolute Gasteiger partial charge is 0.508 e. The number of ether oxygens (including phenoxy) is 1. The van der Waals surface area contributed by atoms with Crippen molar-refractivity contribution >= 4 is 5.91 Å². The van der Waals surface area contributed by atoms with E-state index in [9.17, 15) is 9.90 Å². The summed E-state index contributed by atoms with van der Waals surface area (Å²) in [7, 11) is 3.26. The maximum atomic E-state index is 12.1. The first-order chi connectivity index (χ1) is 8.99. The molecular formula is C14H22N2O3. The molecule has 0 aliphatic heterocycles. The lowest BCUT2D eigenvalue weighted by Crippen LogP contribution is -2.43. The third-order valence-electron chi connectivity index (χ3n) is 3.27. The standard InChI is InChI=1S/C14H22N2O3/c1-10(11-6-4-5-7-13(11)17)16(2)14(18)12(15)8-9-19-3/h4-7,10,12,17H,8-9,15H2,1-3H3. The third-order valence-corrected chi connectivity index (χ3v) is 3.27. The predicted molar refractivity (Wildman–Crippen MR) is 73.8 cm³/mol. The molecule has 1 amide bonds. The lowest BCUT2D eigenvalue weighted by Gasteiger charge is -2.28. The molecule has 0 heterocycles. The second-order valence-electron chi connectivity index (χ2n) is 4.57. The number of benzene rings is 1. The number of amides is 1. The van der Waals surface area contributed by atoms with E-state index >= 15 is 0 Å². The number of nitrogens with zero attached hydrogens (tertiary/aromatic N) is 1. The van der Waals surface area contributed by atoms with Crippen molar-refractivity contribution in [3.8, 4) is 5.75 Å². The number of nitrogens with two attached hydrogens (primary N) is 1. The van der Waals surface area contributed by atoms with Crippen LogP contribution < -0.4 is 5.73 Å². The molecule has 1 rings (SSSR count). The Kier molecular flexibility index (Phi) is 5.79. The van der Waals surface area contributed by atoms with Gasteiger partial charge in [0.2, 0.25) is 5.91 Å². The first-order valence-electron chi connectivity index (χ1n) is 6.28. The zero-order chi connectivity index (χ0) is 14.4. The molecule has 0 bridgehead atoms. The van der Waals surface area contributed by atoms with Gasteiger partial charge in [-0.25, -0.2) is 0 Å². The summed E-state index contributed by atoms with van der Waals surface area (Å²) in [4.78, 5) is 13.7. The molecule has 0 radical (unpaired) electrons. The van der Waals surface area contributed by atoms with Gasteiger partial charge in [-0.2, -0.15) is 0 Å². The van der Waals surface area contributed by atoms with Crippen LogP contribution in [0.3, 0.4) is 0 Å². The van der Waals surface area contributed by atoms with Gasteiger partial charge < -0.3 is 20.5 Å². The number of hydrogen-bond acceptors (Lipinski definition) is 4. The van der Waals surface area contributed by atoms with Crippen molar-refractivity contribution in [1.82, 2.24) is 4.90 Å². The van der Waals surface area contributed by atoms with Crippen LogP contribution in [0.5, 0.6) is 5.75 Å². The number of likely N-dealkylation sites (N-methyl/N-ethyl adjacent to an activating group) is 1. The minimum Gasteiger partial charge on any atom is -0.508 e. The average Bonchev–Trinajstić information content (AvgIpc) is 2.42. The highest BCUT2D eigenvalue weighted by atomic mass is 16.5. The summed E-state index contributed by atoms with van der Waals surface area (Å²) in [5.41, 5.74) is 6.53. The minimum absolute atomic E-state index is 0.159. The second-order valence-corrected chi connectivity index (χ2v) is 4.57. The number of para-hydroxylation sites is 1. The molecule has 0 aromatic heterocycles. The summed E-state index contributed by atoms with van der Waals surface area (Å²) in [6.45, 7) is 2.31. The molecule has 0 saturated carbocycles. The zero-order valence-electron chi connectivity index (χ0n) is 11.7. The summed E-state index contributed by atoms with van der Waals surface area (Å²) in [6, 6.07) is 6.16. The fraction of sp³-hybridized carbons (Fsp3) is 0.500. The summed E-state index contributed by atoms with van der Waals surface area (Å²) in [6.07, 6.45) is 0.479. The maximum Gasteiger partial charge on any atom is 0.239 e. The molecule has 0 aliphatic carbocycles. The number of carbonyl (C=O) groups excluding carboxylic acids is 1. The molecule has 2 atom stereocenters. The second kappa shape index (κ2) is 7.11. The normalized spacial score (nSPS) is 13.9. The van der Waals surface area contributed by atoms with E-state index in [0.29, 0.717) is 18.6 Å². The van der Waals surface area contributed by atoms with Crippen molar-refractivity contribution in [2.45, 2.75) is 25.4 Å². The molecule has 1 aromatic rings. The van der Waals surface area contributed by atoms with E-state index in [2.05, 4.69) is 0 Å². The van der Waals surface area contributed by atoms with Gasteiger partial charge in [-0.1, -0.05) is 18.2 Å². The lowest BCUT2D eigenvalue weighted by molar-refractivity contribution is -0.133. The van der Waals surface area contributed by atoms with Crippen LogP contribution in [-0.4, -0.2) is 42.7 Å². The Morgan fingerprint density at radius 3 is 2.68 bits per heavy atom. The topological polar surface area (TPSA) is 75.8 Å². The van der Waals surface area contributed by atoms with Crippen LogP contribution in [0.2, 0.25) is 0 Å². The molecule has 0 aliphatic rings. The monoisotopic (exact) mass is 266 g/mol. The molecule has 1 aromatic carbocycles. The highest BCUT2D eigenvalue weighted by Crippen LogP contribution is 2.27. The van der Waals surface area contributed by atoms with Crippen molar-refractivity contribution in [3.05, 3.63) is 29.8 Å². The summed E-state index contributed by atoms with van der Waals surface area (Å²) in [5.74, 6) is 0.0212. The number of phenolic OH excluding ortho intramolecular Hbond substituents is 1. The molecule has 2 unspecified atom stereocenters. The van der Waals surface area contributed by atoms with E-state index in [4.69, 9.17) is 10.5 Å². The third kappa shape index (κ3) is 3.94. The Morgan fingerprint density at radius 1 is 1.47 bits per heavy atom. The van der Waals surface area contributed by atoms with Gasteiger partial charge in [-0.15, -0.1) is 0 Å². The molecule has 19 heavy (non-hydrogen) atoms. The highest BCUT2D eigenvalue weighted by Gasteiger charge is 2.23. The molecule has 3 N–H and O–H groups in total. The molecule has 0 fully saturated rings. The van der Waals surface area contributed by atoms with E-state index in [-0.39, 0.29) is 17.7 Å². The average molecular weight is 266 g/mol. The van der Waals surface area contributed by atoms with Gasteiger partial charge in [0.15, 0.2) is 0 Å². The number of phenols is 1. The van der Waals surface area contributed by atoms with Gasteiger partial charge in [0.25, 0.3) is 0 Å². The Balaban J connectivity index is 2.74. The van der Waals surface area contributed by atoms with Crippen LogP contribution >= 0.6 is 0 Å². The number of carbonyl (C=O) groups is 1. The number of methoxy groups -OCH3 is 1. The first kappa shape index (κ1) is 15.5. The molecule has 0 saturated heterocycles. The van der Waals surface area contributed by atoms with Crippen molar-refractivity contribution < 1.29 is 14.6 Å². The molecule has 5 nitrogen and oxygen atoms in total. The fourth-order valence-electron chi connectivity index (χ4n) is 1.87. The number of rotatable bonds is 6. The molecule has 106 valence electrons. The smallest absolute Gasteiger partial charge is 0.239 e.